The van der Waals surface area contributed by atoms with Gasteiger partial charge in [-0.05, 0) is 39.0 Å². The first-order chi connectivity index (χ1) is 7.76. The fourth-order valence-electron chi connectivity index (χ4n) is 2.00. The van der Waals surface area contributed by atoms with Gasteiger partial charge in [0, 0.05) is 20.1 Å². The molecule has 3 N–H and O–H groups in total. The van der Waals surface area contributed by atoms with Crippen LogP contribution in [0.2, 0.25) is 0 Å². The lowest BCUT2D eigenvalue weighted by Gasteiger charge is -2.20. The molecule has 0 unspecified atom stereocenters. The molecule has 0 saturated carbocycles. The Balaban J connectivity index is 2.26. The van der Waals surface area contributed by atoms with Gasteiger partial charge in [-0.3, -0.25) is 9.69 Å². The fraction of sp³-hybridized carbons (Fsp3) is 0.909. The number of rotatable bonds is 5. The Labute approximate surface area is 98.0 Å². The quantitative estimate of drug-likeness (QED) is 0.639. The fourth-order valence-corrected chi connectivity index (χ4v) is 2.00. The number of nitrogens with two attached hydrogens (primary N) is 1. The van der Waals surface area contributed by atoms with Gasteiger partial charge in [-0.2, -0.15) is 0 Å². The van der Waals surface area contributed by atoms with Crippen LogP contribution in [0.3, 0.4) is 0 Å². The molecule has 1 rings (SSSR count). The van der Waals surface area contributed by atoms with Gasteiger partial charge in [0.25, 0.3) is 0 Å². The average molecular weight is 228 g/mol. The minimum absolute atomic E-state index is 0.107. The highest BCUT2D eigenvalue weighted by Crippen LogP contribution is 2.03. The van der Waals surface area contributed by atoms with Crippen LogP contribution < -0.4 is 11.1 Å². The van der Waals surface area contributed by atoms with Crippen molar-refractivity contribution < 1.29 is 4.79 Å². The van der Waals surface area contributed by atoms with Crippen LogP contribution in [0.5, 0.6) is 0 Å². The standard InChI is InChI=1S/C11H24N4O/c1-13-11(16)10-15-7-3-6-14(8-9-15)5-2-4-12/h2-10,12H2,1H3,(H,13,16). The highest BCUT2D eigenvalue weighted by Gasteiger charge is 2.15. The van der Waals surface area contributed by atoms with Crippen LogP contribution in [0, 0.1) is 0 Å². The van der Waals surface area contributed by atoms with E-state index in [1.54, 1.807) is 7.05 Å². The Morgan fingerprint density at radius 1 is 1.25 bits per heavy atom. The Bertz CT molecular complexity index is 210. The summed E-state index contributed by atoms with van der Waals surface area (Å²) in [6, 6.07) is 0. The average Bonchev–Trinajstić information content (AvgIpc) is 2.52. The zero-order valence-electron chi connectivity index (χ0n) is 10.2. The lowest BCUT2D eigenvalue weighted by Crippen LogP contribution is -2.38. The highest BCUT2D eigenvalue weighted by atomic mass is 16.1. The van der Waals surface area contributed by atoms with Gasteiger partial charge < -0.3 is 16.0 Å². The molecule has 0 aliphatic carbocycles. The summed E-state index contributed by atoms with van der Waals surface area (Å²) >= 11 is 0. The van der Waals surface area contributed by atoms with E-state index in [1.807, 2.05) is 0 Å². The predicted molar refractivity (Wildman–Crippen MR) is 65.2 cm³/mol. The van der Waals surface area contributed by atoms with Crippen LogP contribution in [0.25, 0.3) is 0 Å². The molecule has 16 heavy (non-hydrogen) atoms. The van der Waals surface area contributed by atoms with Crippen molar-refractivity contribution in [2.75, 3.05) is 52.9 Å². The van der Waals surface area contributed by atoms with E-state index in [9.17, 15) is 4.79 Å². The third-order valence-electron chi connectivity index (χ3n) is 3.01. The first-order valence-corrected chi connectivity index (χ1v) is 6.11. The van der Waals surface area contributed by atoms with E-state index in [0.29, 0.717) is 6.54 Å². The third kappa shape index (κ3) is 4.92. The molecule has 1 fully saturated rings. The number of carbonyl (C=O) groups excluding carboxylic acids is 1. The molecular formula is C11H24N4O. The Hall–Kier alpha value is -0.650. The molecule has 0 radical (unpaired) electrons. The molecule has 5 heteroatoms. The van der Waals surface area contributed by atoms with Crippen molar-refractivity contribution in [2.45, 2.75) is 12.8 Å². The van der Waals surface area contributed by atoms with Crippen molar-refractivity contribution in [3.05, 3.63) is 0 Å². The largest absolute Gasteiger partial charge is 0.358 e. The number of nitrogens with one attached hydrogen (secondary N) is 1. The third-order valence-corrected chi connectivity index (χ3v) is 3.01. The van der Waals surface area contributed by atoms with Crippen LogP contribution >= 0.6 is 0 Å². The van der Waals surface area contributed by atoms with Crippen LogP contribution in [-0.2, 0) is 4.79 Å². The van der Waals surface area contributed by atoms with Crippen molar-refractivity contribution in [1.82, 2.24) is 15.1 Å². The first kappa shape index (κ1) is 13.4. The Morgan fingerprint density at radius 2 is 1.94 bits per heavy atom. The molecule has 94 valence electrons. The molecule has 1 saturated heterocycles. The molecule has 5 nitrogen and oxygen atoms in total. The number of hydrogen-bond acceptors (Lipinski definition) is 4. The zero-order valence-corrected chi connectivity index (χ0v) is 10.2. The molecule has 1 amide bonds. The topological polar surface area (TPSA) is 61.6 Å². The van der Waals surface area contributed by atoms with Crippen LogP contribution in [-0.4, -0.2) is 68.6 Å². The Kier molecular flexibility index (Phi) is 6.37. The maximum Gasteiger partial charge on any atom is 0.233 e. The zero-order chi connectivity index (χ0) is 11.8. The van der Waals surface area contributed by atoms with E-state index in [2.05, 4.69) is 15.1 Å². The number of likely N-dealkylation sites (N-methyl/N-ethyl adjacent to an activating group) is 1. The molecule has 0 bridgehead atoms. The minimum Gasteiger partial charge on any atom is -0.358 e. The molecule has 1 heterocycles. The highest BCUT2D eigenvalue weighted by molar-refractivity contribution is 5.77. The van der Waals surface area contributed by atoms with Crippen LogP contribution in [0.1, 0.15) is 12.8 Å². The Morgan fingerprint density at radius 3 is 2.62 bits per heavy atom. The molecular weight excluding hydrogens is 204 g/mol. The van der Waals surface area contributed by atoms with E-state index in [1.165, 1.54) is 0 Å². The van der Waals surface area contributed by atoms with Crippen molar-refractivity contribution >= 4 is 5.91 Å². The maximum atomic E-state index is 11.3. The van der Waals surface area contributed by atoms with Gasteiger partial charge in [-0.25, -0.2) is 0 Å². The van der Waals surface area contributed by atoms with E-state index in [-0.39, 0.29) is 5.91 Å². The van der Waals surface area contributed by atoms with E-state index < -0.39 is 0 Å². The lowest BCUT2D eigenvalue weighted by atomic mass is 10.3. The molecule has 0 spiro atoms. The number of nitrogens with zero attached hydrogens (tertiary/aromatic N) is 2. The van der Waals surface area contributed by atoms with Gasteiger partial charge in [0.05, 0.1) is 6.54 Å². The summed E-state index contributed by atoms with van der Waals surface area (Å²) in [5.74, 6) is 0.107. The van der Waals surface area contributed by atoms with Crippen molar-refractivity contribution in [3.8, 4) is 0 Å². The molecule has 1 aliphatic heterocycles. The molecule has 0 aromatic heterocycles. The van der Waals surface area contributed by atoms with Crippen molar-refractivity contribution in [2.24, 2.45) is 5.73 Å². The lowest BCUT2D eigenvalue weighted by molar-refractivity contribution is -0.121. The van der Waals surface area contributed by atoms with E-state index in [4.69, 9.17) is 5.73 Å². The molecule has 0 aromatic rings. The summed E-state index contributed by atoms with van der Waals surface area (Å²) in [5.41, 5.74) is 5.51. The number of hydrogen-bond donors (Lipinski definition) is 2. The van der Waals surface area contributed by atoms with Crippen LogP contribution in [0.15, 0.2) is 0 Å². The SMILES string of the molecule is CNC(=O)CN1CCCN(CCCN)CC1. The van der Waals surface area contributed by atoms with Gasteiger partial charge >= 0.3 is 0 Å². The number of amides is 1. The summed E-state index contributed by atoms with van der Waals surface area (Å²) in [6.07, 6.45) is 2.21. The molecule has 1 aliphatic rings. The van der Waals surface area contributed by atoms with Gasteiger partial charge in [0.15, 0.2) is 0 Å². The smallest absolute Gasteiger partial charge is 0.233 e. The normalized spacial score (nSPS) is 19.4. The van der Waals surface area contributed by atoms with Crippen molar-refractivity contribution in [1.29, 1.82) is 0 Å². The van der Waals surface area contributed by atoms with Gasteiger partial charge in [-0.1, -0.05) is 0 Å². The van der Waals surface area contributed by atoms with E-state index >= 15 is 0 Å². The summed E-state index contributed by atoms with van der Waals surface area (Å²) in [5, 5.41) is 2.67. The predicted octanol–water partition coefficient (Wildman–Crippen LogP) is -0.911. The minimum atomic E-state index is 0.107. The summed E-state index contributed by atoms with van der Waals surface area (Å²) in [6.45, 7) is 6.57. The summed E-state index contributed by atoms with van der Waals surface area (Å²) in [7, 11) is 1.69. The monoisotopic (exact) mass is 228 g/mol. The molecule has 0 aromatic carbocycles. The second-order valence-electron chi connectivity index (χ2n) is 4.29. The van der Waals surface area contributed by atoms with Crippen molar-refractivity contribution in [3.63, 3.8) is 0 Å². The van der Waals surface area contributed by atoms with Gasteiger partial charge in [0.2, 0.25) is 5.91 Å². The van der Waals surface area contributed by atoms with E-state index in [0.717, 1.165) is 52.1 Å². The van der Waals surface area contributed by atoms with Gasteiger partial charge in [-0.15, -0.1) is 0 Å². The summed E-state index contributed by atoms with van der Waals surface area (Å²) < 4.78 is 0. The molecule has 0 atom stereocenters. The number of carbonyl (C=O) groups is 1. The second-order valence-corrected chi connectivity index (χ2v) is 4.29. The first-order valence-electron chi connectivity index (χ1n) is 6.11. The maximum absolute atomic E-state index is 11.3. The van der Waals surface area contributed by atoms with Crippen LogP contribution in [0.4, 0.5) is 0 Å². The second kappa shape index (κ2) is 7.60. The van der Waals surface area contributed by atoms with Gasteiger partial charge in [0.1, 0.15) is 0 Å². The summed E-state index contributed by atoms with van der Waals surface area (Å²) in [4.78, 5) is 15.9.